The summed E-state index contributed by atoms with van der Waals surface area (Å²) >= 11 is 0. The number of hydrogen-bond donors (Lipinski definition) is 1. The molecule has 1 fully saturated rings. The molecule has 0 saturated heterocycles. The van der Waals surface area contributed by atoms with E-state index in [1.165, 1.54) is 30.2 Å². The summed E-state index contributed by atoms with van der Waals surface area (Å²) in [6.45, 7) is 9.44. The van der Waals surface area contributed by atoms with Crippen LogP contribution in [-0.4, -0.2) is 18.2 Å². The third kappa shape index (κ3) is 5.53. The molecule has 0 atom stereocenters. The lowest BCUT2D eigenvalue weighted by Gasteiger charge is -2.43. The van der Waals surface area contributed by atoms with Crippen molar-refractivity contribution >= 4 is 11.5 Å². The molecule has 1 aliphatic carbocycles. The molecule has 3 nitrogen and oxygen atoms in total. The minimum atomic E-state index is -0.183. The monoisotopic (exact) mass is 406 g/mol. The molecule has 1 saturated carbocycles. The Hall–Kier alpha value is -2.55. The third-order valence-corrected chi connectivity index (χ3v) is 5.94. The number of carbonyl (C=O) groups excluding carboxylic acids is 1. The van der Waals surface area contributed by atoms with Gasteiger partial charge in [-0.3, -0.25) is 4.79 Å². The van der Waals surface area contributed by atoms with Crippen molar-refractivity contribution in [1.29, 1.82) is 0 Å². The summed E-state index contributed by atoms with van der Waals surface area (Å²) in [7, 11) is 1.43. The average Bonchev–Trinajstić information content (AvgIpc) is 2.66. The molecule has 160 valence electrons. The van der Waals surface area contributed by atoms with Gasteiger partial charge in [0.15, 0.2) is 0 Å². The van der Waals surface area contributed by atoms with E-state index in [9.17, 15) is 9.90 Å². The standard InChI is InChI=1S/C27H34O3/c1-26(2)16-22(17-27(3,4)18-26)25(21-11-13-23(28)14-12-21)20-9-6-19(7-10-20)8-15-24(29)30-5/h6-7,9-14,28H,8,15-18H2,1-5H3. The lowest BCUT2D eigenvalue weighted by atomic mass is 9.62. The molecule has 0 aromatic heterocycles. The fourth-order valence-corrected chi connectivity index (χ4v) is 5.20. The van der Waals surface area contributed by atoms with Crippen molar-refractivity contribution < 1.29 is 14.6 Å². The average molecular weight is 407 g/mol. The number of ether oxygens (including phenoxy) is 1. The van der Waals surface area contributed by atoms with Crippen LogP contribution >= 0.6 is 0 Å². The number of carbonyl (C=O) groups is 1. The molecule has 3 rings (SSSR count). The van der Waals surface area contributed by atoms with Gasteiger partial charge in [-0.15, -0.1) is 0 Å². The van der Waals surface area contributed by atoms with Gasteiger partial charge in [0.1, 0.15) is 5.75 Å². The molecule has 2 aromatic carbocycles. The number of phenolic OH excluding ortho intramolecular Hbond substituents is 1. The Kier molecular flexibility index (Phi) is 6.40. The Morgan fingerprint density at radius 2 is 1.40 bits per heavy atom. The van der Waals surface area contributed by atoms with Crippen LogP contribution in [0.1, 0.15) is 70.1 Å². The van der Waals surface area contributed by atoms with Gasteiger partial charge in [-0.2, -0.15) is 0 Å². The van der Waals surface area contributed by atoms with Crippen molar-refractivity contribution in [2.24, 2.45) is 10.8 Å². The van der Waals surface area contributed by atoms with Crippen molar-refractivity contribution in [3.8, 4) is 5.75 Å². The molecule has 0 bridgehead atoms. The van der Waals surface area contributed by atoms with Crippen LogP contribution in [-0.2, 0) is 16.0 Å². The first-order valence-electron chi connectivity index (χ1n) is 10.8. The number of esters is 1. The highest BCUT2D eigenvalue weighted by molar-refractivity contribution is 5.82. The minimum absolute atomic E-state index is 0.183. The second kappa shape index (κ2) is 8.67. The van der Waals surface area contributed by atoms with Crippen molar-refractivity contribution in [3.05, 3.63) is 70.8 Å². The quantitative estimate of drug-likeness (QED) is 0.574. The molecule has 0 heterocycles. The number of hydrogen-bond acceptors (Lipinski definition) is 3. The highest BCUT2D eigenvalue weighted by atomic mass is 16.5. The lowest BCUT2D eigenvalue weighted by molar-refractivity contribution is -0.140. The summed E-state index contributed by atoms with van der Waals surface area (Å²) in [6, 6.07) is 16.1. The fourth-order valence-electron chi connectivity index (χ4n) is 5.20. The first-order valence-corrected chi connectivity index (χ1v) is 10.8. The zero-order valence-electron chi connectivity index (χ0n) is 18.9. The van der Waals surface area contributed by atoms with Gasteiger partial charge in [-0.1, -0.05) is 69.7 Å². The van der Waals surface area contributed by atoms with Crippen LogP contribution in [0.4, 0.5) is 0 Å². The summed E-state index contributed by atoms with van der Waals surface area (Å²) < 4.78 is 4.75. The van der Waals surface area contributed by atoms with Crippen LogP contribution in [0.3, 0.4) is 0 Å². The fraction of sp³-hybridized carbons (Fsp3) is 0.444. The minimum Gasteiger partial charge on any atom is -0.508 e. The molecular formula is C27H34O3. The molecule has 2 aromatic rings. The maximum atomic E-state index is 11.5. The molecule has 0 aliphatic heterocycles. The van der Waals surface area contributed by atoms with E-state index in [2.05, 4.69) is 52.0 Å². The number of methoxy groups -OCH3 is 1. The maximum Gasteiger partial charge on any atom is 0.305 e. The summed E-state index contributed by atoms with van der Waals surface area (Å²) in [4.78, 5) is 11.5. The summed E-state index contributed by atoms with van der Waals surface area (Å²) in [6.07, 6.45) is 4.41. The Labute approximate surface area is 180 Å². The smallest absolute Gasteiger partial charge is 0.305 e. The number of rotatable bonds is 5. The van der Waals surface area contributed by atoms with E-state index in [0.717, 1.165) is 24.0 Å². The van der Waals surface area contributed by atoms with Crippen LogP contribution in [0.15, 0.2) is 54.1 Å². The van der Waals surface area contributed by atoms with Crippen molar-refractivity contribution in [2.75, 3.05) is 7.11 Å². The first kappa shape index (κ1) is 22.1. The van der Waals surface area contributed by atoms with Crippen LogP contribution < -0.4 is 0 Å². The van der Waals surface area contributed by atoms with Crippen LogP contribution in [0.5, 0.6) is 5.75 Å². The van der Waals surface area contributed by atoms with Gasteiger partial charge in [0, 0.05) is 6.42 Å². The lowest BCUT2D eigenvalue weighted by Crippen LogP contribution is -2.30. The van der Waals surface area contributed by atoms with E-state index in [-0.39, 0.29) is 22.5 Å². The second-order valence-electron chi connectivity index (χ2n) is 10.2. The topological polar surface area (TPSA) is 46.5 Å². The van der Waals surface area contributed by atoms with E-state index in [4.69, 9.17) is 4.74 Å². The maximum absolute atomic E-state index is 11.5. The van der Waals surface area contributed by atoms with Gasteiger partial charge >= 0.3 is 5.97 Å². The third-order valence-electron chi connectivity index (χ3n) is 5.94. The number of benzene rings is 2. The second-order valence-corrected chi connectivity index (χ2v) is 10.2. The normalized spacial score (nSPS) is 17.4. The molecule has 0 unspecified atom stereocenters. The largest absolute Gasteiger partial charge is 0.508 e. The van der Waals surface area contributed by atoms with Gasteiger partial charge in [-0.05, 0) is 70.9 Å². The summed E-state index contributed by atoms with van der Waals surface area (Å²) in [5, 5.41) is 9.79. The first-order chi connectivity index (χ1) is 14.1. The molecule has 30 heavy (non-hydrogen) atoms. The molecule has 1 aliphatic rings. The van der Waals surface area contributed by atoms with Gasteiger partial charge in [-0.25, -0.2) is 0 Å². The van der Waals surface area contributed by atoms with Gasteiger partial charge in [0.25, 0.3) is 0 Å². The van der Waals surface area contributed by atoms with Gasteiger partial charge in [0.2, 0.25) is 0 Å². The summed E-state index contributed by atoms with van der Waals surface area (Å²) in [5.41, 5.74) is 6.70. The Balaban J connectivity index is 2.02. The highest BCUT2D eigenvalue weighted by Crippen LogP contribution is 2.50. The van der Waals surface area contributed by atoms with Crippen molar-refractivity contribution in [2.45, 2.75) is 59.8 Å². The van der Waals surface area contributed by atoms with Crippen LogP contribution in [0.25, 0.3) is 5.57 Å². The highest BCUT2D eigenvalue weighted by Gasteiger charge is 2.37. The number of allylic oxidation sites excluding steroid dienone is 1. The number of aryl methyl sites for hydroxylation is 1. The molecular weight excluding hydrogens is 372 g/mol. The van der Waals surface area contributed by atoms with Gasteiger partial charge in [0.05, 0.1) is 7.11 Å². The molecule has 0 spiro atoms. The molecule has 0 amide bonds. The predicted molar refractivity (Wildman–Crippen MR) is 122 cm³/mol. The Morgan fingerprint density at radius 1 is 0.900 bits per heavy atom. The Morgan fingerprint density at radius 3 is 1.90 bits per heavy atom. The zero-order valence-corrected chi connectivity index (χ0v) is 18.9. The van der Waals surface area contributed by atoms with Gasteiger partial charge < -0.3 is 9.84 Å². The molecule has 1 N–H and O–H groups in total. The Bertz CT molecular complexity index is 898. The number of aromatic hydroxyl groups is 1. The molecule has 3 heteroatoms. The van der Waals surface area contributed by atoms with E-state index in [1.54, 1.807) is 12.1 Å². The SMILES string of the molecule is COC(=O)CCc1ccc(C(=C2CC(C)(C)CC(C)(C)C2)c2ccc(O)cc2)cc1. The summed E-state index contributed by atoms with van der Waals surface area (Å²) in [5.74, 6) is 0.100. The van der Waals surface area contributed by atoms with Crippen LogP contribution in [0, 0.1) is 10.8 Å². The van der Waals surface area contributed by atoms with Crippen molar-refractivity contribution in [1.82, 2.24) is 0 Å². The van der Waals surface area contributed by atoms with E-state index >= 15 is 0 Å². The van der Waals surface area contributed by atoms with E-state index < -0.39 is 0 Å². The zero-order chi connectivity index (χ0) is 21.9. The van der Waals surface area contributed by atoms with E-state index in [1.807, 2.05) is 12.1 Å². The van der Waals surface area contributed by atoms with Crippen LogP contribution in [0.2, 0.25) is 0 Å². The number of phenols is 1. The van der Waals surface area contributed by atoms with Crippen molar-refractivity contribution in [3.63, 3.8) is 0 Å². The van der Waals surface area contributed by atoms with E-state index in [0.29, 0.717) is 12.8 Å². The molecule has 0 radical (unpaired) electrons. The predicted octanol–water partition coefficient (Wildman–Crippen LogP) is 6.54.